The van der Waals surface area contributed by atoms with Crippen LogP contribution < -0.4 is 4.90 Å². The lowest BCUT2D eigenvalue weighted by molar-refractivity contribution is -0.908. The molecule has 1 atom stereocenters. The zero-order valence-corrected chi connectivity index (χ0v) is 14.3. The van der Waals surface area contributed by atoms with E-state index in [1.807, 2.05) is 12.1 Å². The Morgan fingerprint density at radius 1 is 0.957 bits per heavy atom. The van der Waals surface area contributed by atoms with Crippen molar-refractivity contribution in [2.24, 2.45) is 0 Å². The summed E-state index contributed by atoms with van der Waals surface area (Å²) in [5, 5.41) is 0.811. The fraction of sp³-hybridized carbons (Fsp3) is 0.400. The predicted octanol–water partition coefficient (Wildman–Crippen LogP) is 2.97. The number of morpholine rings is 1. The molecule has 0 bridgehead atoms. The van der Waals surface area contributed by atoms with Gasteiger partial charge in [-0.25, -0.2) is 0 Å². The molecular formula is C20H25ClNO+. The van der Waals surface area contributed by atoms with Crippen LogP contribution >= 0.6 is 11.6 Å². The Labute approximate surface area is 144 Å². The Balaban J connectivity index is 1.68. The van der Waals surface area contributed by atoms with Crippen LogP contribution in [0.15, 0.2) is 54.6 Å². The molecule has 1 fully saturated rings. The van der Waals surface area contributed by atoms with Crippen molar-refractivity contribution in [1.29, 1.82) is 0 Å². The molecule has 0 spiro atoms. The lowest BCUT2D eigenvalue weighted by Gasteiger charge is -2.26. The SMILES string of the molecule is Clc1ccc([C@H](CC[NH+]2CCOCC2)Cc2ccccc2)cc1. The number of hydrogen-bond donors (Lipinski definition) is 1. The van der Waals surface area contributed by atoms with Crippen molar-refractivity contribution in [2.45, 2.75) is 18.8 Å². The number of rotatable bonds is 6. The fourth-order valence-electron chi connectivity index (χ4n) is 3.31. The van der Waals surface area contributed by atoms with Crippen LogP contribution in [-0.4, -0.2) is 32.8 Å². The molecule has 2 aromatic rings. The van der Waals surface area contributed by atoms with Gasteiger partial charge in [0, 0.05) is 11.4 Å². The molecule has 0 aliphatic carbocycles. The minimum absolute atomic E-state index is 0.546. The topological polar surface area (TPSA) is 13.7 Å². The number of quaternary nitrogens is 1. The summed E-state index contributed by atoms with van der Waals surface area (Å²) in [6.45, 7) is 5.29. The number of nitrogens with one attached hydrogen (secondary N) is 1. The molecule has 0 radical (unpaired) electrons. The third kappa shape index (κ3) is 5.07. The van der Waals surface area contributed by atoms with E-state index in [-0.39, 0.29) is 0 Å². The summed E-state index contributed by atoms with van der Waals surface area (Å²) in [6, 6.07) is 19.2. The Kier molecular flexibility index (Phi) is 6.09. The van der Waals surface area contributed by atoms with E-state index < -0.39 is 0 Å². The lowest BCUT2D eigenvalue weighted by Crippen LogP contribution is -3.14. The normalized spacial score (nSPS) is 17.1. The fourth-order valence-corrected chi connectivity index (χ4v) is 3.43. The van der Waals surface area contributed by atoms with Crippen LogP contribution in [0.3, 0.4) is 0 Å². The second-order valence-corrected chi connectivity index (χ2v) is 6.78. The van der Waals surface area contributed by atoms with Gasteiger partial charge in [0.25, 0.3) is 0 Å². The molecule has 0 aromatic heterocycles. The van der Waals surface area contributed by atoms with Gasteiger partial charge in [0.15, 0.2) is 0 Å². The van der Waals surface area contributed by atoms with Gasteiger partial charge in [-0.2, -0.15) is 0 Å². The van der Waals surface area contributed by atoms with Gasteiger partial charge in [-0.15, -0.1) is 0 Å². The van der Waals surface area contributed by atoms with Crippen molar-refractivity contribution < 1.29 is 9.64 Å². The van der Waals surface area contributed by atoms with E-state index in [9.17, 15) is 0 Å². The Morgan fingerprint density at radius 2 is 1.65 bits per heavy atom. The second kappa shape index (κ2) is 8.49. The largest absolute Gasteiger partial charge is 0.370 e. The van der Waals surface area contributed by atoms with E-state index >= 15 is 0 Å². The number of hydrogen-bond acceptors (Lipinski definition) is 1. The predicted molar refractivity (Wildman–Crippen MR) is 95.3 cm³/mol. The maximum atomic E-state index is 6.06. The van der Waals surface area contributed by atoms with Crippen molar-refractivity contribution >= 4 is 11.6 Å². The summed E-state index contributed by atoms with van der Waals surface area (Å²) >= 11 is 6.06. The van der Waals surface area contributed by atoms with Crippen LogP contribution in [0.5, 0.6) is 0 Å². The van der Waals surface area contributed by atoms with Gasteiger partial charge in [0.1, 0.15) is 13.1 Å². The molecule has 2 aromatic carbocycles. The van der Waals surface area contributed by atoms with Gasteiger partial charge in [-0.3, -0.25) is 0 Å². The first kappa shape index (κ1) is 16.5. The number of halogens is 1. The van der Waals surface area contributed by atoms with E-state index in [1.54, 1.807) is 4.90 Å². The molecule has 1 N–H and O–H groups in total. The molecule has 1 saturated heterocycles. The van der Waals surface area contributed by atoms with Crippen LogP contribution in [0.4, 0.5) is 0 Å². The summed E-state index contributed by atoms with van der Waals surface area (Å²) in [5.41, 5.74) is 2.80. The van der Waals surface area contributed by atoms with E-state index in [2.05, 4.69) is 42.5 Å². The number of benzene rings is 2. The highest BCUT2D eigenvalue weighted by Crippen LogP contribution is 2.25. The Bertz CT molecular complexity index is 578. The summed E-state index contributed by atoms with van der Waals surface area (Å²) in [4.78, 5) is 1.67. The van der Waals surface area contributed by atoms with Crippen LogP contribution in [-0.2, 0) is 11.2 Å². The third-order valence-electron chi connectivity index (χ3n) is 4.71. The summed E-state index contributed by atoms with van der Waals surface area (Å²) in [5.74, 6) is 0.546. The monoisotopic (exact) mass is 330 g/mol. The molecule has 3 rings (SSSR count). The maximum Gasteiger partial charge on any atom is 0.101 e. The molecule has 3 heteroatoms. The molecule has 0 amide bonds. The van der Waals surface area contributed by atoms with Gasteiger partial charge in [0.05, 0.1) is 19.8 Å². The minimum Gasteiger partial charge on any atom is -0.370 e. The Hall–Kier alpha value is -1.35. The molecule has 0 saturated carbocycles. The average Bonchev–Trinajstić information content (AvgIpc) is 2.61. The maximum absolute atomic E-state index is 6.06. The minimum atomic E-state index is 0.546. The van der Waals surface area contributed by atoms with Crippen molar-refractivity contribution in [3.05, 3.63) is 70.7 Å². The van der Waals surface area contributed by atoms with Crippen molar-refractivity contribution in [3.8, 4) is 0 Å². The first-order valence-corrected chi connectivity index (χ1v) is 8.90. The number of ether oxygens (including phenoxy) is 1. The average molecular weight is 331 g/mol. The first-order chi connectivity index (χ1) is 11.3. The van der Waals surface area contributed by atoms with E-state index in [1.165, 1.54) is 24.1 Å². The summed E-state index contributed by atoms with van der Waals surface area (Å²) in [7, 11) is 0. The lowest BCUT2D eigenvalue weighted by atomic mass is 9.89. The summed E-state index contributed by atoms with van der Waals surface area (Å²) < 4.78 is 5.46. The van der Waals surface area contributed by atoms with E-state index in [0.29, 0.717) is 5.92 Å². The highest BCUT2D eigenvalue weighted by molar-refractivity contribution is 6.30. The van der Waals surface area contributed by atoms with Gasteiger partial charge >= 0.3 is 0 Å². The van der Waals surface area contributed by atoms with Crippen molar-refractivity contribution in [1.82, 2.24) is 0 Å². The third-order valence-corrected chi connectivity index (χ3v) is 4.96. The van der Waals surface area contributed by atoms with Crippen LogP contribution in [0.25, 0.3) is 0 Å². The standard InChI is InChI=1S/C20H24ClNO/c21-20-8-6-18(7-9-20)19(16-17-4-2-1-3-5-17)10-11-22-12-14-23-15-13-22/h1-9,19H,10-16H2/p+1/t19-/m1/s1. The first-order valence-electron chi connectivity index (χ1n) is 8.52. The quantitative estimate of drug-likeness (QED) is 0.859. The molecule has 1 heterocycles. The molecule has 1 aliphatic heterocycles. The van der Waals surface area contributed by atoms with Gasteiger partial charge in [-0.1, -0.05) is 54.1 Å². The van der Waals surface area contributed by atoms with Gasteiger partial charge in [-0.05, 0) is 35.6 Å². The second-order valence-electron chi connectivity index (χ2n) is 6.34. The van der Waals surface area contributed by atoms with Gasteiger partial charge in [0.2, 0.25) is 0 Å². The van der Waals surface area contributed by atoms with E-state index in [4.69, 9.17) is 16.3 Å². The molecular weight excluding hydrogens is 306 g/mol. The Morgan fingerprint density at radius 3 is 2.35 bits per heavy atom. The zero-order chi connectivity index (χ0) is 15.9. The van der Waals surface area contributed by atoms with Crippen molar-refractivity contribution in [3.63, 3.8) is 0 Å². The zero-order valence-electron chi connectivity index (χ0n) is 13.5. The molecule has 122 valence electrons. The molecule has 1 aliphatic rings. The van der Waals surface area contributed by atoms with Crippen LogP contribution in [0.2, 0.25) is 5.02 Å². The highest BCUT2D eigenvalue weighted by Gasteiger charge is 2.18. The van der Waals surface area contributed by atoms with Crippen molar-refractivity contribution in [2.75, 3.05) is 32.8 Å². The van der Waals surface area contributed by atoms with Crippen LogP contribution in [0, 0.1) is 0 Å². The van der Waals surface area contributed by atoms with Gasteiger partial charge < -0.3 is 9.64 Å². The smallest absolute Gasteiger partial charge is 0.101 e. The molecule has 23 heavy (non-hydrogen) atoms. The van der Waals surface area contributed by atoms with Crippen LogP contribution in [0.1, 0.15) is 23.5 Å². The molecule has 0 unspecified atom stereocenters. The summed E-state index contributed by atoms with van der Waals surface area (Å²) in [6.07, 6.45) is 2.29. The molecule has 2 nitrogen and oxygen atoms in total. The van der Waals surface area contributed by atoms with E-state index in [0.717, 1.165) is 37.7 Å². The highest BCUT2D eigenvalue weighted by atomic mass is 35.5.